The number of hydrogen-bond donors (Lipinski definition) is 0. The van der Waals surface area contributed by atoms with Gasteiger partial charge in [0.2, 0.25) is 0 Å². The van der Waals surface area contributed by atoms with Gasteiger partial charge in [0.1, 0.15) is 11.2 Å². The molecule has 12 aromatic rings. The van der Waals surface area contributed by atoms with Gasteiger partial charge in [-0.2, -0.15) is 0 Å². The predicted molar refractivity (Wildman–Crippen MR) is 271 cm³/mol. The Balaban J connectivity index is 0.819. The fraction of sp³-hybridized carbons (Fsp3) is 0.0323. The monoisotopic (exact) mass is 826 g/mol. The van der Waals surface area contributed by atoms with Crippen LogP contribution in [0.15, 0.2) is 217 Å². The van der Waals surface area contributed by atoms with Gasteiger partial charge < -0.3 is 13.6 Å². The van der Waals surface area contributed by atoms with E-state index in [0.29, 0.717) is 11.8 Å². The van der Waals surface area contributed by atoms with Crippen LogP contribution in [0.4, 0.5) is 0 Å². The maximum absolute atomic E-state index is 6.17. The average molecular weight is 827 g/mol. The Morgan fingerprint density at radius 1 is 0.385 bits per heavy atom. The molecular weight excluding hydrogens is 789 g/mol. The highest BCUT2D eigenvalue weighted by molar-refractivity contribution is 6.19. The number of hydrogen-bond acceptors (Lipinski definition) is 1. The normalized spacial score (nSPS) is 15.8. The first-order valence-electron chi connectivity index (χ1n) is 22.7. The highest BCUT2D eigenvalue weighted by Gasteiger charge is 2.30. The second-order valence-corrected chi connectivity index (χ2v) is 17.9. The van der Waals surface area contributed by atoms with Crippen LogP contribution in [0, 0.1) is 5.92 Å². The van der Waals surface area contributed by atoms with Crippen LogP contribution in [0.2, 0.25) is 0 Å². The van der Waals surface area contributed by atoms with Crippen LogP contribution < -0.4 is 0 Å². The molecule has 3 nitrogen and oxygen atoms in total. The first kappa shape index (κ1) is 35.1. The second-order valence-electron chi connectivity index (χ2n) is 17.9. The van der Waals surface area contributed by atoms with Crippen LogP contribution in [0.1, 0.15) is 17.2 Å². The molecule has 0 bridgehead atoms. The number of allylic oxidation sites excluding steroid dienone is 5. The predicted octanol–water partition coefficient (Wildman–Crippen LogP) is 16.6. The molecule has 0 saturated carbocycles. The van der Waals surface area contributed by atoms with E-state index in [0.717, 1.165) is 21.9 Å². The quantitative estimate of drug-likeness (QED) is 0.173. The lowest BCUT2D eigenvalue weighted by molar-refractivity contribution is 0.669. The van der Waals surface area contributed by atoms with Gasteiger partial charge in [-0.25, -0.2) is 0 Å². The van der Waals surface area contributed by atoms with E-state index < -0.39 is 0 Å². The van der Waals surface area contributed by atoms with Gasteiger partial charge in [-0.05, 0) is 128 Å². The third-order valence-corrected chi connectivity index (χ3v) is 14.6. The minimum atomic E-state index is 0.355. The van der Waals surface area contributed by atoms with E-state index in [2.05, 4.69) is 215 Å². The van der Waals surface area contributed by atoms with Crippen molar-refractivity contribution in [3.8, 4) is 55.9 Å². The summed E-state index contributed by atoms with van der Waals surface area (Å²) in [4.78, 5) is 0. The van der Waals surface area contributed by atoms with E-state index in [1.54, 1.807) is 0 Å². The fourth-order valence-corrected chi connectivity index (χ4v) is 11.7. The number of para-hydroxylation sites is 3. The fourth-order valence-electron chi connectivity index (χ4n) is 11.7. The van der Waals surface area contributed by atoms with Crippen molar-refractivity contribution < 1.29 is 4.42 Å². The number of aromatic nitrogens is 2. The van der Waals surface area contributed by atoms with E-state index in [9.17, 15) is 0 Å². The maximum Gasteiger partial charge on any atom is 0.135 e. The Hall–Kier alpha value is -8.40. The number of fused-ring (bicyclic) bond motifs is 14. The van der Waals surface area contributed by atoms with Crippen molar-refractivity contribution in [1.82, 2.24) is 9.13 Å². The largest absolute Gasteiger partial charge is 0.456 e. The zero-order chi connectivity index (χ0) is 42.3. The Morgan fingerprint density at radius 3 is 1.92 bits per heavy atom. The molecule has 2 atom stereocenters. The molecule has 3 aliphatic carbocycles. The van der Waals surface area contributed by atoms with Crippen molar-refractivity contribution in [2.45, 2.75) is 5.92 Å². The lowest BCUT2D eigenvalue weighted by Crippen LogP contribution is -2.13. The molecule has 2 unspecified atom stereocenters. The minimum Gasteiger partial charge on any atom is -0.456 e. The van der Waals surface area contributed by atoms with Crippen LogP contribution in [0.25, 0.3) is 127 Å². The molecule has 3 heterocycles. The van der Waals surface area contributed by atoms with Crippen molar-refractivity contribution in [2.75, 3.05) is 0 Å². The van der Waals surface area contributed by atoms with E-state index >= 15 is 0 Å². The molecule has 0 fully saturated rings. The number of furan rings is 1. The molecular formula is C62H38N2O. The zero-order valence-corrected chi connectivity index (χ0v) is 35.2. The molecule has 65 heavy (non-hydrogen) atoms. The van der Waals surface area contributed by atoms with Gasteiger partial charge in [0.15, 0.2) is 0 Å². The van der Waals surface area contributed by atoms with Gasteiger partial charge in [0.05, 0.1) is 27.9 Å². The smallest absolute Gasteiger partial charge is 0.135 e. The molecule has 0 radical (unpaired) electrons. The molecule has 3 aliphatic rings. The second kappa shape index (κ2) is 13.1. The summed E-state index contributed by atoms with van der Waals surface area (Å²) >= 11 is 0. The van der Waals surface area contributed by atoms with Crippen LogP contribution in [-0.2, 0) is 0 Å². The summed E-state index contributed by atoms with van der Waals surface area (Å²) in [7, 11) is 0. The summed E-state index contributed by atoms with van der Waals surface area (Å²) in [6.45, 7) is 0. The molecule has 0 spiro atoms. The van der Waals surface area contributed by atoms with Crippen molar-refractivity contribution in [1.29, 1.82) is 0 Å². The molecule has 0 aliphatic heterocycles. The topological polar surface area (TPSA) is 23.0 Å². The van der Waals surface area contributed by atoms with E-state index in [-0.39, 0.29) is 0 Å². The van der Waals surface area contributed by atoms with E-state index in [4.69, 9.17) is 4.42 Å². The summed E-state index contributed by atoms with van der Waals surface area (Å²) in [5.74, 6) is 0.756. The summed E-state index contributed by atoms with van der Waals surface area (Å²) in [5.41, 5.74) is 20.6. The Labute approximate surface area is 374 Å². The Morgan fingerprint density at radius 2 is 1.03 bits per heavy atom. The Kier molecular flexibility index (Phi) is 7.06. The van der Waals surface area contributed by atoms with E-state index in [1.807, 2.05) is 12.1 Å². The molecule has 15 rings (SSSR count). The maximum atomic E-state index is 6.17. The highest BCUT2D eigenvalue weighted by atomic mass is 16.3. The number of rotatable bonds is 4. The standard InChI is InChI=1S/C62H38N2O/c1-2-11-43-38(10-1)23-31-58-62(43)50-14-4-7-18-55(50)63(58)42-26-20-37(21-27-42)39-22-28-44-48-29-32-56(49-16-9-15-47(61(48)49)51(44)34-39)64-54-17-6-3-12-45(54)52-35-40(24-30-57(52)64)41-25-33-60-53(36-41)46-13-5-8-19-59(46)65-60/h1-36,38,43H. The first-order chi connectivity index (χ1) is 32.2. The third-order valence-electron chi connectivity index (χ3n) is 14.6. The summed E-state index contributed by atoms with van der Waals surface area (Å²) < 4.78 is 11.1. The summed E-state index contributed by atoms with van der Waals surface area (Å²) in [6.07, 6.45) is 13.8. The van der Waals surface area contributed by atoms with Crippen molar-refractivity contribution in [2.24, 2.45) is 5.92 Å². The van der Waals surface area contributed by atoms with Gasteiger partial charge >= 0.3 is 0 Å². The molecule has 3 heteroatoms. The van der Waals surface area contributed by atoms with Crippen LogP contribution >= 0.6 is 0 Å². The van der Waals surface area contributed by atoms with Crippen molar-refractivity contribution in [3.05, 3.63) is 224 Å². The molecule has 9 aromatic carbocycles. The molecule has 0 saturated heterocycles. The third kappa shape index (κ3) is 4.90. The lowest BCUT2D eigenvalue weighted by Gasteiger charge is -2.26. The summed E-state index contributed by atoms with van der Waals surface area (Å²) in [5, 5.41) is 8.69. The SMILES string of the molecule is C1=CC2C=Cc3c(c4ccccc4n3-c3ccc(-c4ccc5c(c4)-c4cccc6c(-n7c8ccccc8c8cc(-c9ccc%10oc%11ccccc%11c%10c9)ccc87)ccc-5c46)cc3)C2C=C1. The van der Waals surface area contributed by atoms with Gasteiger partial charge in [0, 0.05) is 49.8 Å². The van der Waals surface area contributed by atoms with Gasteiger partial charge in [-0.1, -0.05) is 146 Å². The van der Waals surface area contributed by atoms with Crippen molar-refractivity contribution in [3.63, 3.8) is 0 Å². The van der Waals surface area contributed by atoms with Gasteiger partial charge in [-0.15, -0.1) is 0 Å². The van der Waals surface area contributed by atoms with Crippen molar-refractivity contribution >= 4 is 71.5 Å². The van der Waals surface area contributed by atoms with Gasteiger partial charge in [-0.3, -0.25) is 0 Å². The highest BCUT2D eigenvalue weighted by Crippen LogP contribution is 2.51. The van der Waals surface area contributed by atoms with Crippen LogP contribution in [0.5, 0.6) is 0 Å². The van der Waals surface area contributed by atoms with E-state index in [1.165, 1.54) is 111 Å². The number of nitrogens with zero attached hydrogens (tertiary/aromatic N) is 2. The molecule has 3 aromatic heterocycles. The average Bonchev–Trinajstić information content (AvgIpc) is 4.11. The van der Waals surface area contributed by atoms with Crippen LogP contribution in [-0.4, -0.2) is 9.13 Å². The summed E-state index contributed by atoms with van der Waals surface area (Å²) in [6, 6.07) is 67.3. The van der Waals surface area contributed by atoms with Crippen LogP contribution in [0.3, 0.4) is 0 Å². The van der Waals surface area contributed by atoms with Gasteiger partial charge in [0.25, 0.3) is 0 Å². The lowest BCUT2D eigenvalue weighted by atomic mass is 9.78. The minimum absolute atomic E-state index is 0.355. The zero-order valence-electron chi connectivity index (χ0n) is 35.2. The molecule has 0 N–H and O–H groups in total. The Bertz CT molecular complexity index is 4130. The first-order valence-corrected chi connectivity index (χ1v) is 22.7. The number of benzene rings is 9. The molecule has 302 valence electrons. The molecule has 0 amide bonds.